The minimum Gasteiger partial charge on any atom is -0.487 e. The number of para-hydroxylation sites is 1. The van der Waals surface area contributed by atoms with Gasteiger partial charge in [-0.25, -0.2) is 4.68 Å². The number of hydrogen-bond acceptors (Lipinski definition) is 4. The van der Waals surface area contributed by atoms with Gasteiger partial charge < -0.3 is 14.8 Å². The van der Waals surface area contributed by atoms with Gasteiger partial charge in [-0.1, -0.05) is 18.2 Å². The van der Waals surface area contributed by atoms with Crippen molar-refractivity contribution >= 4 is 5.91 Å². The maximum atomic E-state index is 12.6. The number of rotatable bonds is 3. The summed E-state index contributed by atoms with van der Waals surface area (Å²) in [5, 5.41) is 7.16. The number of carbonyl (C=O) groups is 1. The van der Waals surface area contributed by atoms with Crippen molar-refractivity contribution in [1.29, 1.82) is 0 Å². The fourth-order valence-corrected chi connectivity index (χ4v) is 2.99. The standard InChI is InChI=1S/C17H21N3O3/c1-17(2)9-13(11-7-5-6-8-14(11)23-17)19-15(21)12-10-18-20(3)16(12)22-4/h5-8,10,13H,9H2,1-4H3,(H,19,21). The number of nitrogens with zero attached hydrogens (tertiary/aromatic N) is 2. The highest BCUT2D eigenvalue weighted by atomic mass is 16.5. The summed E-state index contributed by atoms with van der Waals surface area (Å²) < 4.78 is 12.8. The molecule has 0 radical (unpaired) electrons. The molecule has 1 unspecified atom stereocenters. The quantitative estimate of drug-likeness (QED) is 0.945. The monoisotopic (exact) mass is 315 g/mol. The summed E-state index contributed by atoms with van der Waals surface area (Å²) in [5.74, 6) is 1.06. The Labute approximate surface area is 135 Å². The van der Waals surface area contributed by atoms with E-state index in [9.17, 15) is 4.79 Å². The highest BCUT2D eigenvalue weighted by Gasteiger charge is 2.35. The Morgan fingerprint density at radius 2 is 2.17 bits per heavy atom. The molecule has 2 aromatic rings. The second kappa shape index (κ2) is 5.61. The topological polar surface area (TPSA) is 65.4 Å². The van der Waals surface area contributed by atoms with Crippen LogP contribution in [0.3, 0.4) is 0 Å². The second-order valence-electron chi connectivity index (χ2n) is 6.32. The molecule has 23 heavy (non-hydrogen) atoms. The Morgan fingerprint density at radius 3 is 2.91 bits per heavy atom. The first-order chi connectivity index (χ1) is 10.9. The molecular formula is C17H21N3O3. The lowest BCUT2D eigenvalue weighted by Crippen LogP contribution is -2.41. The van der Waals surface area contributed by atoms with E-state index >= 15 is 0 Å². The van der Waals surface area contributed by atoms with E-state index < -0.39 is 0 Å². The smallest absolute Gasteiger partial charge is 0.258 e. The van der Waals surface area contributed by atoms with Crippen LogP contribution < -0.4 is 14.8 Å². The molecule has 3 rings (SSSR count). The lowest BCUT2D eigenvalue weighted by atomic mass is 9.89. The molecule has 1 aliphatic heterocycles. The van der Waals surface area contributed by atoms with Crippen molar-refractivity contribution in [3.05, 3.63) is 41.6 Å². The van der Waals surface area contributed by atoms with E-state index in [1.165, 1.54) is 18.0 Å². The fourth-order valence-electron chi connectivity index (χ4n) is 2.99. The van der Waals surface area contributed by atoms with Gasteiger partial charge in [0.15, 0.2) is 0 Å². The number of amides is 1. The SMILES string of the molecule is COc1c(C(=O)NC2CC(C)(C)Oc3ccccc32)cnn1C. The van der Waals surface area contributed by atoms with Crippen LogP contribution in [0.25, 0.3) is 0 Å². The van der Waals surface area contributed by atoms with Gasteiger partial charge in [0.25, 0.3) is 5.91 Å². The van der Waals surface area contributed by atoms with Crippen molar-refractivity contribution in [3.8, 4) is 11.6 Å². The van der Waals surface area contributed by atoms with Crippen LogP contribution in [0.5, 0.6) is 11.6 Å². The predicted molar refractivity (Wildman–Crippen MR) is 85.7 cm³/mol. The molecule has 0 saturated carbocycles. The van der Waals surface area contributed by atoms with E-state index in [0.29, 0.717) is 17.9 Å². The summed E-state index contributed by atoms with van der Waals surface area (Å²) in [4.78, 5) is 12.6. The van der Waals surface area contributed by atoms with Gasteiger partial charge in [0.05, 0.1) is 19.3 Å². The van der Waals surface area contributed by atoms with Crippen molar-refractivity contribution in [2.75, 3.05) is 7.11 Å². The molecule has 0 bridgehead atoms. The largest absolute Gasteiger partial charge is 0.487 e. The molecule has 0 saturated heterocycles. The third-order valence-electron chi connectivity index (χ3n) is 4.00. The molecule has 1 amide bonds. The van der Waals surface area contributed by atoms with Gasteiger partial charge in [-0.2, -0.15) is 5.10 Å². The Kier molecular flexibility index (Phi) is 3.75. The zero-order valence-corrected chi connectivity index (χ0v) is 13.8. The Hall–Kier alpha value is -2.50. The maximum Gasteiger partial charge on any atom is 0.258 e. The molecule has 1 atom stereocenters. The zero-order chi connectivity index (χ0) is 16.6. The fraction of sp³-hybridized carbons (Fsp3) is 0.412. The lowest BCUT2D eigenvalue weighted by molar-refractivity contribution is 0.0619. The number of fused-ring (bicyclic) bond motifs is 1. The van der Waals surface area contributed by atoms with Gasteiger partial charge >= 0.3 is 0 Å². The molecule has 6 nitrogen and oxygen atoms in total. The van der Waals surface area contributed by atoms with E-state index in [-0.39, 0.29) is 17.6 Å². The van der Waals surface area contributed by atoms with Gasteiger partial charge in [-0.05, 0) is 19.9 Å². The number of aromatic nitrogens is 2. The normalized spacial score (nSPS) is 18.7. The first kappa shape index (κ1) is 15.4. The maximum absolute atomic E-state index is 12.6. The predicted octanol–water partition coefficient (Wildman–Crippen LogP) is 2.46. The molecule has 0 aliphatic carbocycles. The first-order valence-electron chi connectivity index (χ1n) is 7.56. The van der Waals surface area contributed by atoms with Crippen LogP contribution in [-0.4, -0.2) is 28.4 Å². The van der Waals surface area contributed by atoms with Gasteiger partial charge in [-0.15, -0.1) is 0 Å². The molecule has 6 heteroatoms. The van der Waals surface area contributed by atoms with Crippen LogP contribution in [-0.2, 0) is 7.05 Å². The van der Waals surface area contributed by atoms with Crippen molar-refractivity contribution in [2.24, 2.45) is 7.05 Å². The summed E-state index contributed by atoms with van der Waals surface area (Å²) in [6, 6.07) is 7.68. The van der Waals surface area contributed by atoms with Crippen LogP contribution in [0.4, 0.5) is 0 Å². The van der Waals surface area contributed by atoms with Crippen molar-refractivity contribution in [2.45, 2.75) is 31.9 Å². The number of aryl methyl sites for hydroxylation is 1. The van der Waals surface area contributed by atoms with Crippen LogP contribution in [0, 0.1) is 0 Å². The molecule has 1 aliphatic rings. The third kappa shape index (κ3) is 2.88. The molecular weight excluding hydrogens is 294 g/mol. The average Bonchev–Trinajstić information content (AvgIpc) is 2.87. The van der Waals surface area contributed by atoms with Crippen LogP contribution >= 0.6 is 0 Å². The number of carbonyl (C=O) groups excluding carboxylic acids is 1. The van der Waals surface area contributed by atoms with Gasteiger partial charge in [0, 0.05) is 19.0 Å². The zero-order valence-electron chi connectivity index (χ0n) is 13.8. The number of ether oxygens (including phenoxy) is 2. The van der Waals surface area contributed by atoms with E-state index in [1.807, 2.05) is 38.1 Å². The summed E-state index contributed by atoms with van der Waals surface area (Å²) in [6.07, 6.45) is 2.21. The summed E-state index contributed by atoms with van der Waals surface area (Å²) in [5.41, 5.74) is 1.07. The average molecular weight is 315 g/mol. The number of hydrogen-bond donors (Lipinski definition) is 1. The van der Waals surface area contributed by atoms with E-state index in [1.54, 1.807) is 7.05 Å². The van der Waals surface area contributed by atoms with Crippen molar-refractivity contribution in [1.82, 2.24) is 15.1 Å². The van der Waals surface area contributed by atoms with E-state index in [2.05, 4.69) is 10.4 Å². The van der Waals surface area contributed by atoms with Gasteiger partial charge in [0.1, 0.15) is 16.9 Å². The molecule has 1 aromatic carbocycles. The number of nitrogens with one attached hydrogen (secondary N) is 1. The van der Waals surface area contributed by atoms with E-state index in [0.717, 1.165) is 11.3 Å². The highest BCUT2D eigenvalue weighted by molar-refractivity contribution is 5.96. The van der Waals surface area contributed by atoms with Crippen LogP contribution in [0.1, 0.15) is 42.2 Å². The molecule has 1 aromatic heterocycles. The molecule has 1 N–H and O–H groups in total. The Balaban J connectivity index is 1.89. The summed E-state index contributed by atoms with van der Waals surface area (Å²) in [6.45, 7) is 4.04. The van der Waals surface area contributed by atoms with Crippen molar-refractivity contribution in [3.63, 3.8) is 0 Å². The summed E-state index contributed by atoms with van der Waals surface area (Å²) in [7, 11) is 3.27. The molecule has 2 heterocycles. The number of methoxy groups -OCH3 is 1. The lowest BCUT2D eigenvalue weighted by Gasteiger charge is -2.37. The van der Waals surface area contributed by atoms with Crippen LogP contribution in [0.2, 0.25) is 0 Å². The third-order valence-corrected chi connectivity index (χ3v) is 4.00. The Morgan fingerprint density at radius 1 is 1.43 bits per heavy atom. The van der Waals surface area contributed by atoms with E-state index in [4.69, 9.17) is 9.47 Å². The van der Waals surface area contributed by atoms with Gasteiger partial charge in [-0.3, -0.25) is 4.79 Å². The second-order valence-corrected chi connectivity index (χ2v) is 6.32. The molecule has 0 spiro atoms. The minimum absolute atomic E-state index is 0.118. The first-order valence-corrected chi connectivity index (χ1v) is 7.56. The molecule has 122 valence electrons. The Bertz CT molecular complexity index is 736. The summed E-state index contributed by atoms with van der Waals surface area (Å²) >= 11 is 0. The van der Waals surface area contributed by atoms with Gasteiger partial charge in [0.2, 0.25) is 5.88 Å². The minimum atomic E-state index is -0.342. The number of benzene rings is 1. The molecule has 0 fully saturated rings. The van der Waals surface area contributed by atoms with Crippen molar-refractivity contribution < 1.29 is 14.3 Å². The van der Waals surface area contributed by atoms with Crippen LogP contribution in [0.15, 0.2) is 30.5 Å². The highest BCUT2D eigenvalue weighted by Crippen LogP contribution is 2.39.